The minimum absolute atomic E-state index is 0.188. The van der Waals surface area contributed by atoms with Crippen LogP contribution in [0.2, 0.25) is 0 Å². The van der Waals surface area contributed by atoms with Crippen LogP contribution in [0.1, 0.15) is 38.3 Å². The van der Waals surface area contributed by atoms with Crippen molar-refractivity contribution < 1.29 is 9.53 Å². The van der Waals surface area contributed by atoms with Crippen LogP contribution < -0.4 is 5.32 Å². The molecule has 3 rings (SSSR count). The van der Waals surface area contributed by atoms with E-state index in [0.717, 1.165) is 45.3 Å². The number of nitrogens with one attached hydrogen (secondary N) is 1. The Morgan fingerprint density at radius 2 is 2.36 bits per heavy atom. The number of amides is 1. The Balaban J connectivity index is 1.79. The molecule has 1 amide bonds. The quantitative estimate of drug-likeness (QED) is 0.606. The molecule has 25 heavy (non-hydrogen) atoms. The van der Waals surface area contributed by atoms with Crippen molar-refractivity contribution in [3.8, 4) is 0 Å². The van der Waals surface area contributed by atoms with Crippen LogP contribution >= 0.6 is 0 Å². The molecule has 138 valence electrons. The number of methoxy groups -OCH3 is 1. The normalized spacial score (nSPS) is 26.4. The number of aromatic nitrogens is 2. The van der Waals surface area contributed by atoms with E-state index in [-0.39, 0.29) is 17.4 Å². The van der Waals surface area contributed by atoms with Gasteiger partial charge in [0.05, 0.1) is 24.0 Å². The van der Waals surface area contributed by atoms with E-state index in [9.17, 15) is 4.79 Å². The molecule has 2 atom stereocenters. The summed E-state index contributed by atoms with van der Waals surface area (Å²) in [5.41, 5.74) is 0.913. The molecule has 1 aromatic rings. The molecular formula is C19H30N4O2. The number of hydrogen-bond donors (Lipinski definition) is 1. The molecule has 6 heteroatoms. The first-order valence-electron chi connectivity index (χ1n) is 9.36. The molecule has 0 bridgehead atoms. The molecule has 1 fully saturated rings. The fraction of sp³-hybridized carbons (Fsp3) is 0.684. The van der Waals surface area contributed by atoms with Gasteiger partial charge in [0.1, 0.15) is 0 Å². The van der Waals surface area contributed by atoms with Crippen molar-refractivity contribution in [2.45, 2.75) is 51.7 Å². The van der Waals surface area contributed by atoms with Gasteiger partial charge in [-0.15, -0.1) is 0 Å². The van der Waals surface area contributed by atoms with Crippen LogP contribution in [0.5, 0.6) is 0 Å². The lowest BCUT2D eigenvalue weighted by Crippen LogP contribution is -2.52. The summed E-state index contributed by atoms with van der Waals surface area (Å²) < 4.78 is 7.27. The van der Waals surface area contributed by atoms with Gasteiger partial charge >= 0.3 is 0 Å². The van der Waals surface area contributed by atoms with Gasteiger partial charge in [0.15, 0.2) is 0 Å². The monoisotopic (exact) mass is 346 g/mol. The lowest BCUT2D eigenvalue weighted by atomic mass is 9.78. The molecule has 0 radical (unpaired) electrons. The molecule has 2 heterocycles. The van der Waals surface area contributed by atoms with Gasteiger partial charge in [0.2, 0.25) is 5.91 Å². The molecule has 1 aromatic heterocycles. The van der Waals surface area contributed by atoms with Crippen LogP contribution in [0.4, 0.5) is 0 Å². The van der Waals surface area contributed by atoms with Crippen molar-refractivity contribution >= 4 is 5.91 Å². The number of carbonyl (C=O) groups excluding carboxylic acids is 1. The summed E-state index contributed by atoms with van der Waals surface area (Å²) in [6.45, 7) is 5.93. The van der Waals surface area contributed by atoms with Crippen molar-refractivity contribution in [1.29, 1.82) is 0 Å². The van der Waals surface area contributed by atoms with Crippen LogP contribution in [0.3, 0.4) is 0 Å². The van der Waals surface area contributed by atoms with Crippen LogP contribution in [0.25, 0.3) is 0 Å². The fourth-order valence-corrected chi connectivity index (χ4v) is 4.40. The predicted molar refractivity (Wildman–Crippen MR) is 97.0 cm³/mol. The molecular weight excluding hydrogens is 316 g/mol. The van der Waals surface area contributed by atoms with E-state index in [1.165, 1.54) is 5.69 Å². The second-order valence-electron chi connectivity index (χ2n) is 7.09. The first kappa shape index (κ1) is 18.1. The molecule has 1 saturated carbocycles. The van der Waals surface area contributed by atoms with Gasteiger partial charge in [-0.1, -0.05) is 18.6 Å². The van der Waals surface area contributed by atoms with Crippen molar-refractivity contribution in [1.82, 2.24) is 19.8 Å². The Morgan fingerprint density at radius 3 is 3.16 bits per heavy atom. The molecule has 0 spiro atoms. The second kappa shape index (κ2) is 8.15. The van der Waals surface area contributed by atoms with Crippen LogP contribution in [-0.4, -0.2) is 53.2 Å². The van der Waals surface area contributed by atoms with Crippen molar-refractivity contribution in [3.05, 3.63) is 30.4 Å². The number of fused-ring (bicyclic) bond motifs is 1. The Bertz CT molecular complexity index is 612. The zero-order chi connectivity index (χ0) is 17.7. The number of carbonyl (C=O) groups is 1. The van der Waals surface area contributed by atoms with Crippen molar-refractivity contribution in [2.24, 2.45) is 5.41 Å². The van der Waals surface area contributed by atoms with Crippen LogP contribution in [0, 0.1) is 5.41 Å². The highest BCUT2D eigenvalue weighted by Gasteiger charge is 2.50. The number of aryl methyl sites for hydroxylation is 1. The van der Waals surface area contributed by atoms with E-state index in [1.54, 1.807) is 7.11 Å². The molecule has 2 aliphatic rings. The maximum Gasteiger partial charge on any atom is 0.228 e. The van der Waals surface area contributed by atoms with Gasteiger partial charge in [-0.25, -0.2) is 4.98 Å². The van der Waals surface area contributed by atoms with E-state index in [2.05, 4.69) is 38.8 Å². The Morgan fingerprint density at radius 1 is 1.48 bits per heavy atom. The summed E-state index contributed by atoms with van der Waals surface area (Å²) in [5, 5.41) is 3.10. The smallest absolute Gasteiger partial charge is 0.228 e. The second-order valence-corrected chi connectivity index (χ2v) is 7.09. The zero-order valence-electron chi connectivity index (χ0n) is 15.4. The third-order valence-corrected chi connectivity index (χ3v) is 5.72. The summed E-state index contributed by atoms with van der Waals surface area (Å²) in [6, 6.07) is 0.283. The average Bonchev–Trinajstić information content (AvgIpc) is 3.21. The highest BCUT2D eigenvalue weighted by molar-refractivity contribution is 5.84. The summed E-state index contributed by atoms with van der Waals surface area (Å²) in [6.07, 6.45) is 12.3. The Labute approximate surface area is 150 Å². The summed E-state index contributed by atoms with van der Waals surface area (Å²) in [7, 11) is 1.66. The first-order valence-corrected chi connectivity index (χ1v) is 9.36. The number of hydrogen-bond acceptors (Lipinski definition) is 4. The van der Waals surface area contributed by atoms with Gasteiger partial charge in [-0.2, -0.15) is 0 Å². The standard InChI is InChI=1S/C19H30N4O2/c1-3-22-15-20-13-16(22)14-23-11-5-4-8-19(9-6-7-17(19)23)18(24)21-10-12-25-2/h4-5,13,15,17H,3,6-12,14H2,1-2H3,(H,21,24)/t17-,19-/m1/s1. The number of ether oxygens (including phenoxy) is 1. The first-order chi connectivity index (χ1) is 12.2. The van der Waals surface area contributed by atoms with E-state index in [4.69, 9.17) is 4.74 Å². The largest absolute Gasteiger partial charge is 0.383 e. The van der Waals surface area contributed by atoms with Crippen molar-refractivity contribution in [2.75, 3.05) is 26.8 Å². The maximum atomic E-state index is 13.1. The fourth-order valence-electron chi connectivity index (χ4n) is 4.40. The average molecular weight is 346 g/mol. The van der Waals surface area contributed by atoms with Gasteiger partial charge in [-0.05, 0) is 26.2 Å². The number of allylic oxidation sites excluding steroid dienone is 1. The predicted octanol–water partition coefficient (Wildman–Crippen LogP) is 1.97. The van der Waals surface area contributed by atoms with Crippen molar-refractivity contribution in [3.63, 3.8) is 0 Å². The van der Waals surface area contributed by atoms with Gasteiger partial charge in [0, 0.05) is 45.5 Å². The summed E-state index contributed by atoms with van der Waals surface area (Å²) in [4.78, 5) is 19.8. The number of nitrogens with zero attached hydrogens (tertiary/aromatic N) is 3. The minimum atomic E-state index is -0.308. The Hall–Kier alpha value is -1.66. The zero-order valence-corrected chi connectivity index (χ0v) is 15.4. The Kier molecular flexibility index (Phi) is 5.91. The molecule has 1 aliphatic carbocycles. The molecule has 1 aliphatic heterocycles. The van der Waals surface area contributed by atoms with Crippen LogP contribution in [-0.2, 0) is 22.6 Å². The third-order valence-electron chi connectivity index (χ3n) is 5.72. The summed E-state index contributed by atoms with van der Waals surface area (Å²) >= 11 is 0. The third kappa shape index (κ3) is 3.65. The SMILES string of the molecule is CCn1cncc1CN1CC=CC[C@@]2(C(=O)NCCOC)CCC[C@@H]12. The van der Waals surface area contributed by atoms with Gasteiger partial charge < -0.3 is 14.6 Å². The van der Waals surface area contributed by atoms with E-state index in [0.29, 0.717) is 13.2 Å². The summed E-state index contributed by atoms with van der Waals surface area (Å²) in [5.74, 6) is 0.188. The van der Waals surface area contributed by atoms with E-state index < -0.39 is 0 Å². The topological polar surface area (TPSA) is 59.4 Å². The molecule has 0 aromatic carbocycles. The molecule has 6 nitrogen and oxygen atoms in total. The maximum absolute atomic E-state index is 13.1. The van der Waals surface area contributed by atoms with Crippen LogP contribution in [0.15, 0.2) is 24.7 Å². The lowest BCUT2D eigenvalue weighted by Gasteiger charge is -2.39. The van der Waals surface area contributed by atoms with Gasteiger partial charge in [0.25, 0.3) is 0 Å². The van der Waals surface area contributed by atoms with E-state index >= 15 is 0 Å². The molecule has 0 unspecified atom stereocenters. The molecule has 1 N–H and O–H groups in total. The van der Waals surface area contributed by atoms with Gasteiger partial charge in [-0.3, -0.25) is 9.69 Å². The molecule has 0 saturated heterocycles. The minimum Gasteiger partial charge on any atom is -0.383 e. The van der Waals surface area contributed by atoms with E-state index in [1.807, 2.05) is 12.5 Å². The highest BCUT2D eigenvalue weighted by Crippen LogP contribution is 2.46. The number of rotatable bonds is 7. The number of imidazole rings is 1. The lowest BCUT2D eigenvalue weighted by molar-refractivity contribution is -0.134. The highest BCUT2D eigenvalue weighted by atomic mass is 16.5.